The van der Waals surface area contributed by atoms with Crippen LogP contribution in [0.1, 0.15) is 35.8 Å². The lowest BCUT2D eigenvalue weighted by atomic mass is 9.83. The topological polar surface area (TPSA) is 75.4 Å². The molecule has 26 heavy (non-hydrogen) atoms. The van der Waals surface area contributed by atoms with Gasteiger partial charge in [-0.3, -0.25) is 9.59 Å². The van der Waals surface area contributed by atoms with Gasteiger partial charge in [-0.05, 0) is 38.0 Å². The summed E-state index contributed by atoms with van der Waals surface area (Å²) >= 11 is 0. The van der Waals surface area contributed by atoms with Gasteiger partial charge in [0.1, 0.15) is 17.3 Å². The fraction of sp³-hybridized carbons (Fsp3) is 0.389. The van der Waals surface area contributed by atoms with Crippen LogP contribution < -0.4 is 5.56 Å². The lowest BCUT2D eigenvalue weighted by Crippen LogP contribution is -2.46. The summed E-state index contributed by atoms with van der Waals surface area (Å²) in [5.41, 5.74) is -2.20. The molecule has 0 saturated carbocycles. The summed E-state index contributed by atoms with van der Waals surface area (Å²) in [7, 11) is 0. The van der Waals surface area contributed by atoms with E-state index in [0.717, 1.165) is 12.1 Å². The van der Waals surface area contributed by atoms with Crippen molar-refractivity contribution in [1.29, 1.82) is 0 Å². The van der Waals surface area contributed by atoms with Crippen LogP contribution in [-0.4, -0.2) is 38.8 Å². The molecule has 1 fully saturated rings. The van der Waals surface area contributed by atoms with Crippen molar-refractivity contribution in [2.75, 3.05) is 13.1 Å². The average Bonchev–Trinajstić information content (AvgIpc) is 2.62. The smallest absolute Gasteiger partial charge is 0.274 e. The molecule has 8 heteroatoms. The molecule has 2 heterocycles. The van der Waals surface area contributed by atoms with Crippen LogP contribution in [0.4, 0.5) is 8.78 Å². The zero-order valence-corrected chi connectivity index (χ0v) is 14.3. The van der Waals surface area contributed by atoms with Crippen LogP contribution >= 0.6 is 0 Å². The molecule has 138 valence electrons. The number of aliphatic hydroxyl groups is 1. The van der Waals surface area contributed by atoms with E-state index in [0.29, 0.717) is 6.54 Å². The maximum atomic E-state index is 14.0. The van der Waals surface area contributed by atoms with Crippen LogP contribution in [0.5, 0.6) is 0 Å². The largest absolute Gasteiger partial charge is 0.385 e. The summed E-state index contributed by atoms with van der Waals surface area (Å²) in [5.74, 6) is -1.99. The molecule has 0 spiro atoms. The third-order valence-corrected chi connectivity index (χ3v) is 4.69. The van der Waals surface area contributed by atoms with Crippen LogP contribution in [0, 0.1) is 11.6 Å². The number of piperidine rings is 1. The number of halogens is 2. The third-order valence-electron chi connectivity index (χ3n) is 4.69. The molecule has 6 nitrogen and oxygen atoms in total. The van der Waals surface area contributed by atoms with Crippen LogP contribution in [0.2, 0.25) is 0 Å². The molecule has 1 saturated heterocycles. The lowest BCUT2D eigenvalue weighted by molar-refractivity contribution is -0.0263. The van der Waals surface area contributed by atoms with Gasteiger partial charge in [0.25, 0.3) is 11.5 Å². The minimum atomic E-state index is -1.66. The minimum absolute atomic E-state index is 0.00398. The number of aryl methyl sites for hydroxylation is 1. The molecular formula is C18H19F2N3O3. The molecule has 1 aliphatic heterocycles. The van der Waals surface area contributed by atoms with Crippen molar-refractivity contribution in [1.82, 2.24) is 14.7 Å². The van der Waals surface area contributed by atoms with Gasteiger partial charge in [0.2, 0.25) is 0 Å². The summed E-state index contributed by atoms with van der Waals surface area (Å²) in [6, 6.07) is 6.08. The van der Waals surface area contributed by atoms with E-state index in [1.807, 2.05) is 0 Å². The van der Waals surface area contributed by atoms with Crippen molar-refractivity contribution in [2.45, 2.75) is 31.9 Å². The SMILES string of the molecule is CCn1nc(C(=O)N2CCC(O)(c3c(F)cccc3F)CC2)ccc1=O. The van der Waals surface area contributed by atoms with E-state index in [9.17, 15) is 23.5 Å². The van der Waals surface area contributed by atoms with Crippen molar-refractivity contribution in [3.63, 3.8) is 0 Å². The van der Waals surface area contributed by atoms with E-state index in [4.69, 9.17) is 0 Å². The third kappa shape index (κ3) is 3.24. The summed E-state index contributed by atoms with van der Waals surface area (Å²) in [6.45, 7) is 2.32. The predicted octanol–water partition coefficient (Wildman–Crippen LogP) is 1.67. The Balaban J connectivity index is 1.78. The fourth-order valence-corrected chi connectivity index (χ4v) is 3.22. The fourth-order valence-electron chi connectivity index (χ4n) is 3.22. The number of hydrogen-bond donors (Lipinski definition) is 1. The molecule has 1 N–H and O–H groups in total. The van der Waals surface area contributed by atoms with Gasteiger partial charge in [-0.25, -0.2) is 13.5 Å². The Hall–Kier alpha value is -2.61. The van der Waals surface area contributed by atoms with Gasteiger partial charge in [-0.1, -0.05) is 6.07 Å². The summed E-state index contributed by atoms with van der Waals surface area (Å²) in [6.07, 6.45) is 0.00796. The van der Waals surface area contributed by atoms with Crippen molar-refractivity contribution >= 4 is 5.91 Å². The maximum absolute atomic E-state index is 14.0. The van der Waals surface area contributed by atoms with Crippen molar-refractivity contribution < 1.29 is 18.7 Å². The van der Waals surface area contributed by atoms with E-state index in [2.05, 4.69) is 5.10 Å². The Morgan fingerprint density at radius 2 is 1.81 bits per heavy atom. The van der Waals surface area contributed by atoms with Crippen LogP contribution in [0.3, 0.4) is 0 Å². The van der Waals surface area contributed by atoms with Gasteiger partial charge in [0.15, 0.2) is 0 Å². The molecule has 1 aromatic carbocycles. The van der Waals surface area contributed by atoms with Crippen LogP contribution in [0.25, 0.3) is 0 Å². The standard InChI is InChI=1S/C18H19F2N3O3/c1-2-23-15(24)7-6-14(21-23)17(25)22-10-8-18(26,9-11-22)16-12(19)4-3-5-13(16)20/h3-7,26H,2,8-11H2,1H3. The highest BCUT2D eigenvalue weighted by Crippen LogP contribution is 2.36. The van der Waals surface area contributed by atoms with Gasteiger partial charge >= 0.3 is 0 Å². The molecule has 0 radical (unpaired) electrons. The first-order valence-electron chi connectivity index (χ1n) is 8.40. The first kappa shape index (κ1) is 18.2. The number of benzene rings is 1. The number of carbonyl (C=O) groups excluding carboxylic acids is 1. The Labute approximate surface area is 148 Å². The Kier molecular flexibility index (Phi) is 4.86. The summed E-state index contributed by atoms with van der Waals surface area (Å²) in [4.78, 5) is 25.6. The number of hydrogen-bond acceptors (Lipinski definition) is 4. The molecule has 0 atom stereocenters. The number of rotatable bonds is 3. The van der Waals surface area contributed by atoms with E-state index >= 15 is 0 Å². The second-order valence-electron chi connectivity index (χ2n) is 6.29. The van der Waals surface area contributed by atoms with Gasteiger partial charge in [0.05, 0.1) is 11.2 Å². The Morgan fingerprint density at radius 3 is 2.38 bits per heavy atom. The molecule has 2 aromatic rings. The molecule has 1 aliphatic rings. The quantitative estimate of drug-likeness (QED) is 0.900. The highest BCUT2D eigenvalue weighted by molar-refractivity contribution is 5.92. The van der Waals surface area contributed by atoms with Crippen molar-refractivity contribution in [2.24, 2.45) is 0 Å². The number of carbonyl (C=O) groups is 1. The minimum Gasteiger partial charge on any atom is -0.385 e. The van der Waals surface area contributed by atoms with Gasteiger partial charge < -0.3 is 10.0 Å². The maximum Gasteiger partial charge on any atom is 0.274 e. The molecular weight excluding hydrogens is 344 g/mol. The first-order chi connectivity index (χ1) is 12.4. The molecule has 0 aliphatic carbocycles. The van der Waals surface area contributed by atoms with E-state index in [1.165, 1.54) is 27.8 Å². The van der Waals surface area contributed by atoms with Crippen molar-refractivity contribution in [3.8, 4) is 0 Å². The monoisotopic (exact) mass is 363 g/mol. The highest BCUT2D eigenvalue weighted by Gasteiger charge is 2.39. The number of aromatic nitrogens is 2. The first-order valence-corrected chi connectivity index (χ1v) is 8.40. The predicted molar refractivity (Wildman–Crippen MR) is 89.6 cm³/mol. The molecule has 1 aromatic heterocycles. The summed E-state index contributed by atoms with van der Waals surface area (Å²) < 4.78 is 29.2. The zero-order chi connectivity index (χ0) is 18.9. The van der Waals surface area contributed by atoms with E-state index in [1.54, 1.807) is 6.92 Å². The van der Waals surface area contributed by atoms with Gasteiger partial charge in [-0.15, -0.1) is 0 Å². The Bertz CT molecular complexity index is 869. The average molecular weight is 363 g/mol. The zero-order valence-electron chi connectivity index (χ0n) is 14.3. The second-order valence-corrected chi connectivity index (χ2v) is 6.29. The molecule has 3 rings (SSSR count). The molecule has 1 amide bonds. The van der Waals surface area contributed by atoms with E-state index in [-0.39, 0.29) is 48.7 Å². The number of likely N-dealkylation sites (tertiary alicyclic amines) is 1. The van der Waals surface area contributed by atoms with Crippen LogP contribution in [-0.2, 0) is 12.1 Å². The molecule has 0 bridgehead atoms. The highest BCUT2D eigenvalue weighted by atomic mass is 19.1. The van der Waals surface area contributed by atoms with Crippen molar-refractivity contribution in [3.05, 3.63) is 63.6 Å². The molecule has 0 unspecified atom stereocenters. The second kappa shape index (κ2) is 6.95. The van der Waals surface area contributed by atoms with Gasteiger partial charge in [0, 0.05) is 25.7 Å². The van der Waals surface area contributed by atoms with Gasteiger partial charge in [-0.2, -0.15) is 5.10 Å². The summed E-state index contributed by atoms with van der Waals surface area (Å²) in [5, 5.41) is 14.7. The number of amides is 1. The van der Waals surface area contributed by atoms with Crippen LogP contribution in [0.15, 0.2) is 35.1 Å². The Morgan fingerprint density at radius 1 is 1.19 bits per heavy atom. The lowest BCUT2D eigenvalue weighted by Gasteiger charge is -2.38. The van der Waals surface area contributed by atoms with E-state index < -0.39 is 17.2 Å². The normalized spacial score (nSPS) is 16.5. The number of nitrogens with zero attached hydrogens (tertiary/aromatic N) is 3.